The number of methoxy groups -OCH3 is 1. The van der Waals surface area contributed by atoms with Crippen LogP contribution in [0.1, 0.15) is 44.3 Å². The molecule has 1 aliphatic rings. The van der Waals surface area contributed by atoms with E-state index in [1.165, 1.54) is 50.3 Å². The van der Waals surface area contributed by atoms with Crippen molar-refractivity contribution in [3.05, 3.63) is 30.1 Å². The Morgan fingerprint density at radius 3 is 2.81 bits per heavy atom. The van der Waals surface area contributed by atoms with E-state index in [-0.39, 0.29) is 11.7 Å². The molecule has 0 aliphatic heterocycles. The van der Waals surface area contributed by atoms with Crippen molar-refractivity contribution in [1.82, 2.24) is 14.8 Å². The maximum atomic E-state index is 12.3. The Morgan fingerprint density at radius 2 is 2.04 bits per heavy atom. The molecule has 1 fully saturated rings. The molecule has 146 valence electrons. The first-order valence-corrected chi connectivity index (χ1v) is 10.6. The second kappa shape index (κ2) is 9.78. The fraction of sp³-hybridized carbons (Fsp3) is 0.550. The zero-order valence-electron chi connectivity index (χ0n) is 16.1. The third-order valence-corrected chi connectivity index (χ3v) is 6.16. The number of amides is 1. The number of hydrogen-bond acceptors (Lipinski definition) is 5. The van der Waals surface area contributed by atoms with Crippen molar-refractivity contribution in [2.45, 2.75) is 50.1 Å². The number of nitrogens with zero attached hydrogens (tertiary/aromatic N) is 3. The molecule has 0 unspecified atom stereocenters. The van der Waals surface area contributed by atoms with Crippen LogP contribution in [0.2, 0.25) is 0 Å². The number of ether oxygens (including phenoxy) is 1. The third-order valence-electron chi connectivity index (χ3n) is 5.14. The van der Waals surface area contributed by atoms with E-state index in [0.717, 1.165) is 23.3 Å². The van der Waals surface area contributed by atoms with Crippen LogP contribution < -0.4 is 10.1 Å². The van der Waals surface area contributed by atoms with Gasteiger partial charge in [0.1, 0.15) is 11.6 Å². The molecule has 7 heteroatoms. The van der Waals surface area contributed by atoms with Gasteiger partial charge in [-0.2, -0.15) is 0 Å². The minimum atomic E-state index is -0.0868. The first-order chi connectivity index (χ1) is 13.2. The third kappa shape index (κ3) is 5.48. The highest BCUT2D eigenvalue weighted by molar-refractivity contribution is 7.99. The van der Waals surface area contributed by atoms with Crippen LogP contribution >= 0.6 is 11.8 Å². The van der Waals surface area contributed by atoms with E-state index in [1.807, 2.05) is 35.9 Å². The predicted octanol–water partition coefficient (Wildman–Crippen LogP) is 4.07. The first kappa shape index (κ1) is 19.7. The predicted molar refractivity (Wildman–Crippen MR) is 108 cm³/mol. The Bertz CT molecular complexity index is 756. The standard InChI is InChI=1S/C20H28N4O2S/c1-24-18(13-12-15-8-4-3-5-9-15)22-23-20(24)27-14-19(25)21-16-10-6-7-11-17(16)26-2/h6-7,10-11,15H,3-5,8-9,12-14H2,1-2H3,(H,21,25). The van der Waals surface area contributed by atoms with E-state index in [2.05, 4.69) is 15.5 Å². The molecule has 2 aromatic rings. The fourth-order valence-electron chi connectivity index (χ4n) is 3.56. The second-order valence-electron chi connectivity index (χ2n) is 7.04. The van der Waals surface area contributed by atoms with Crippen molar-refractivity contribution >= 4 is 23.4 Å². The van der Waals surface area contributed by atoms with Gasteiger partial charge < -0.3 is 14.6 Å². The minimum Gasteiger partial charge on any atom is -0.495 e. The van der Waals surface area contributed by atoms with Crippen LogP contribution in [-0.2, 0) is 18.3 Å². The summed E-state index contributed by atoms with van der Waals surface area (Å²) in [6.07, 6.45) is 8.97. The van der Waals surface area contributed by atoms with Gasteiger partial charge in [-0.25, -0.2) is 0 Å². The number of aromatic nitrogens is 3. The number of carbonyl (C=O) groups excluding carboxylic acids is 1. The summed E-state index contributed by atoms with van der Waals surface area (Å²) in [4.78, 5) is 12.3. The Balaban J connectivity index is 1.49. The van der Waals surface area contributed by atoms with Crippen LogP contribution in [-0.4, -0.2) is 33.5 Å². The Morgan fingerprint density at radius 1 is 1.26 bits per heavy atom. The number of para-hydroxylation sites is 2. The molecule has 1 N–H and O–H groups in total. The van der Waals surface area contributed by atoms with Gasteiger partial charge in [0.15, 0.2) is 5.16 Å². The summed E-state index contributed by atoms with van der Waals surface area (Å²) in [5.74, 6) is 2.69. The number of hydrogen-bond donors (Lipinski definition) is 1. The fourth-order valence-corrected chi connectivity index (χ4v) is 4.29. The summed E-state index contributed by atoms with van der Waals surface area (Å²) >= 11 is 1.41. The van der Waals surface area contributed by atoms with Gasteiger partial charge in [0.25, 0.3) is 0 Å². The highest BCUT2D eigenvalue weighted by atomic mass is 32.2. The molecule has 1 aliphatic carbocycles. The van der Waals surface area contributed by atoms with Gasteiger partial charge in [-0.15, -0.1) is 10.2 Å². The van der Waals surface area contributed by atoms with Crippen LogP contribution in [0.4, 0.5) is 5.69 Å². The van der Waals surface area contributed by atoms with Gasteiger partial charge in [-0.3, -0.25) is 4.79 Å². The molecule has 0 saturated heterocycles. The molecule has 27 heavy (non-hydrogen) atoms. The molecule has 6 nitrogen and oxygen atoms in total. The Kier molecular flexibility index (Phi) is 7.15. The number of benzene rings is 1. The van der Waals surface area contributed by atoms with Gasteiger partial charge >= 0.3 is 0 Å². The van der Waals surface area contributed by atoms with Crippen molar-refractivity contribution in [3.8, 4) is 5.75 Å². The maximum absolute atomic E-state index is 12.3. The van der Waals surface area contributed by atoms with Crippen LogP contribution in [0.25, 0.3) is 0 Å². The van der Waals surface area contributed by atoms with Crippen LogP contribution in [0.3, 0.4) is 0 Å². The van der Waals surface area contributed by atoms with E-state index in [4.69, 9.17) is 4.74 Å². The second-order valence-corrected chi connectivity index (χ2v) is 7.98. The molecule has 1 heterocycles. The summed E-state index contributed by atoms with van der Waals surface area (Å²) in [5, 5.41) is 12.3. The zero-order chi connectivity index (χ0) is 19.1. The summed E-state index contributed by atoms with van der Waals surface area (Å²) < 4.78 is 7.28. The summed E-state index contributed by atoms with van der Waals surface area (Å²) in [6, 6.07) is 7.39. The summed E-state index contributed by atoms with van der Waals surface area (Å²) in [5.41, 5.74) is 0.678. The van der Waals surface area contributed by atoms with E-state index in [0.29, 0.717) is 11.4 Å². The quantitative estimate of drug-likeness (QED) is 0.691. The molecular formula is C20H28N4O2S. The smallest absolute Gasteiger partial charge is 0.234 e. The lowest BCUT2D eigenvalue weighted by atomic mass is 9.86. The van der Waals surface area contributed by atoms with Crippen LogP contribution in [0, 0.1) is 5.92 Å². The number of rotatable bonds is 8. The van der Waals surface area contributed by atoms with E-state index < -0.39 is 0 Å². The molecule has 0 radical (unpaired) electrons. The molecule has 3 rings (SSSR count). The van der Waals surface area contributed by atoms with Gasteiger partial charge in [0.2, 0.25) is 5.91 Å². The number of aryl methyl sites for hydroxylation is 1. The van der Waals surface area contributed by atoms with E-state index >= 15 is 0 Å². The normalized spacial score (nSPS) is 14.9. The average molecular weight is 389 g/mol. The number of nitrogens with one attached hydrogen (secondary N) is 1. The Labute approximate surface area is 165 Å². The summed E-state index contributed by atoms with van der Waals surface area (Å²) in [6.45, 7) is 0. The average Bonchev–Trinajstić information content (AvgIpc) is 3.05. The molecule has 1 saturated carbocycles. The minimum absolute atomic E-state index is 0.0868. The molecule has 0 bridgehead atoms. The molecule has 0 spiro atoms. The van der Waals surface area contributed by atoms with Crippen LogP contribution in [0.5, 0.6) is 5.75 Å². The van der Waals surface area contributed by atoms with Gasteiger partial charge in [-0.05, 0) is 24.5 Å². The maximum Gasteiger partial charge on any atom is 0.234 e. The Hall–Kier alpha value is -2.02. The van der Waals surface area contributed by atoms with Crippen LogP contribution in [0.15, 0.2) is 29.4 Å². The zero-order valence-corrected chi connectivity index (χ0v) is 16.9. The number of carbonyl (C=O) groups is 1. The largest absolute Gasteiger partial charge is 0.495 e. The lowest BCUT2D eigenvalue weighted by molar-refractivity contribution is -0.113. The monoisotopic (exact) mass is 388 g/mol. The highest BCUT2D eigenvalue weighted by Gasteiger charge is 2.16. The number of anilines is 1. The molecular weight excluding hydrogens is 360 g/mol. The lowest BCUT2D eigenvalue weighted by Crippen LogP contribution is -2.15. The van der Waals surface area contributed by atoms with E-state index in [9.17, 15) is 4.79 Å². The summed E-state index contributed by atoms with van der Waals surface area (Å²) in [7, 11) is 3.57. The van der Waals surface area contributed by atoms with Gasteiger partial charge in [-0.1, -0.05) is 56.0 Å². The first-order valence-electron chi connectivity index (χ1n) is 9.61. The topological polar surface area (TPSA) is 69.0 Å². The number of thioether (sulfide) groups is 1. The molecule has 1 amide bonds. The van der Waals surface area contributed by atoms with Crippen molar-refractivity contribution in [2.24, 2.45) is 13.0 Å². The van der Waals surface area contributed by atoms with Gasteiger partial charge in [0, 0.05) is 13.5 Å². The van der Waals surface area contributed by atoms with E-state index in [1.54, 1.807) is 7.11 Å². The molecule has 0 atom stereocenters. The molecule has 1 aromatic carbocycles. The highest BCUT2D eigenvalue weighted by Crippen LogP contribution is 2.28. The van der Waals surface area contributed by atoms with Gasteiger partial charge in [0.05, 0.1) is 18.6 Å². The molecule has 1 aromatic heterocycles. The lowest BCUT2D eigenvalue weighted by Gasteiger charge is -2.20. The SMILES string of the molecule is COc1ccccc1NC(=O)CSc1nnc(CCC2CCCCC2)n1C. The van der Waals surface area contributed by atoms with Crippen molar-refractivity contribution in [3.63, 3.8) is 0 Å². The van der Waals surface area contributed by atoms with Crippen molar-refractivity contribution < 1.29 is 9.53 Å². The van der Waals surface area contributed by atoms with Crippen molar-refractivity contribution in [2.75, 3.05) is 18.2 Å². The van der Waals surface area contributed by atoms with Crippen molar-refractivity contribution in [1.29, 1.82) is 0 Å².